The first-order chi connectivity index (χ1) is 13.0. The molecular weight excluding hydrogens is 374 g/mol. The number of fused-ring (bicyclic) bond motifs is 1. The quantitative estimate of drug-likeness (QED) is 0.617. The summed E-state index contributed by atoms with van der Waals surface area (Å²) < 4.78 is 1.12. The fourth-order valence-corrected chi connectivity index (χ4v) is 4.50. The summed E-state index contributed by atoms with van der Waals surface area (Å²) in [6.45, 7) is 3.75. The number of para-hydroxylation sites is 1. The molecule has 1 amide bonds. The van der Waals surface area contributed by atoms with Crippen LogP contribution in [0.25, 0.3) is 10.2 Å². The number of aromatic nitrogens is 1. The summed E-state index contributed by atoms with van der Waals surface area (Å²) in [7, 11) is 4.27. The maximum absolute atomic E-state index is 13.3. The molecule has 6 heteroatoms. The lowest BCUT2D eigenvalue weighted by molar-refractivity contribution is -0.858. The average Bonchev–Trinajstić information content (AvgIpc) is 3.10. The molecule has 1 aromatic heterocycles. The van der Waals surface area contributed by atoms with Crippen LogP contribution in [0.15, 0.2) is 47.4 Å². The van der Waals surface area contributed by atoms with Gasteiger partial charge in [-0.3, -0.25) is 9.69 Å². The highest BCUT2D eigenvalue weighted by Crippen LogP contribution is 2.31. The number of nitrogens with one attached hydrogen (secondary N) is 1. The van der Waals surface area contributed by atoms with Crippen molar-refractivity contribution in [1.82, 2.24) is 4.98 Å². The van der Waals surface area contributed by atoms with E-state index in [1.54, 1.807) is 23.1 Å². The molecule has 0 fully saturated rings. The van der Waals surface area contributed by atoms with Crippen LogP contribution in [-0.2, 0) is 0 Å². The largest absolute Gasteiger partial charge is 0.340 e. The van der Waals surface area contributed by atoms with Gasteiger partial charge in [0.25, 0.3) is 5.91 Å². The van der Waals surface area contributed by atoms with Crippen molar-refractivity contribution in [1.29, 1.82) is 0 Å². The number of thiazole rings is 1. The number of benzene rings is 2. The van der Waals surface area contributed by atoms with E-state index in [-0.39, 0.29) is 5.91 Å². The minimum absolute atomic E-state index is 0.0244. The van der Waals surface area contributed by atoms with Crippen LogP contribution in [0.1, 0.15) is 22.3 Å². The number of anilines is 1. The molecule has 0 saturated carbocycles. The predicted octanol–water partition coefficient (Wildman–Crippen LogP) is 3.51. The smallest absolute Gasteiger partial charge is 0.260 e. The standard InChI is InChI=1S/C21H25N3OS2/c1-15-8-5-11-18-19(15)22-21(27-18)24(13-7-12-23(2)3)20(25)16-9-6-10-17(14-16)26-4/h5-6,8-11,14H,7,12-13H2,1-4H3/p+1. The van der Waals surface area contributed by atoms with E-state index in [9.17, 15) is 4.79 Å². The number of carbonyl (C=O) groups excluding carboxylic acids is 1. The first kappa shape index (κ1) is 19.9. The fourth-order valence-electron chi connectivity index (χ4n) is 2.98. The Kier molecular flexibility index (Phi) is 6.52. The zero-order chi connectivity index (χ0) is 19.4. The number of rotatable bonds is 7. The Morgan fingerprint density at radius 1 is 1.22 bits per heavy atom. The van der Waals surface area contributed by atoms with Gasteiger partial charge in [-0.1, -0.05) is 29.5 Å². The summed E-state index contributed by atoms with van der Waals surface area (Å²) in [5.74, 6) is 0.0244. The zero-order valence-electron chi connectivity index (χ0n) is 16.3. The SMILES string of the molecule is CSc1cccc(C(=O)N(CCC[NH+](C)C)c2nc3c(C)cccc3s2)c1. The van der Waals surface area contributed by atoms with E-state index in [4.69, 9.17) is 4.98 Å². The van der Waals surface area contributed by atoms with Crippen LogP contribution >= 0.6 is 23.1 Å². The van der Waals surface area contributed by atoms with Gasteiger partial charge in [0.15, 0.2) is 5.13 Å². The van der Waals surface area contributed by atoms with Crippen molar-refractivity contribution < 1.29 is 9.69 Å². The maximum Gasteiger partial charge on any atom is 0.260 e. The van der Waals surface area contributed by atoms with Gasteiger partial charge in [0.1, 0.15) is 0 Å². The van der Waals surface area contributed by atoms with Crippen LogP contribution in [0.4, 0.5) is 5.13 Å². The molecule has 0 atom stereocenters. The third kappa shape index (κ3) is 4.69. The molecule has 3 aromatic rings. The number of carbonyl (C=O) groups is 1. The molecule has 0 spiro atoms. The fraction of sp³-hybridized carbons (Fsp3) is 0.333. The first-order valence-corrected chi connectivity index (χ1v) is 11.1. The van der Waals surface area contributed by atoms with E-state index in [2.05, 4.69) is 33.2 Å². The van der Waals surface area contributed by atoms with Crippen LogP contribution in [0.3, 0.4) is 0 Å². The van der Waals surface area contributed by atoms with E-state index >= 15 is 0 Å². The molecular formula is C21H26N3OS2+. The maximum atomic E-state index is 13.3. The molecule has 142 valence electrons. The minimum atomic E-state index is 0.0244. The lowest BCUT2D eigenvalue weighted by Gasteiger charge is -2.20. The Hall–Kier alpha value is -1.89. The topological polar surface area (TPSA) is 37.6 Å². The van der Waals surface area contributed by atoms with Crippen LogP contribution in [0.2, 0.25) is 0 Å². The van der Waals surface area contributed by atoms with E-state index < -0.39 is 0 Å². The molecule has 1 heterocycles. The third-order valence-electron chi connectivity index (χ3n) is 4.46. The zero-order valence-corrected chi connectivity index (χ0v) is 17.9. The Balaban J connectivity index is 1.96. The van der Waals surface area contributed by atoms with Crippen molar-refractivity contribution in [3.8, 4) is 0 Å². The number of quaternary nitrogens is 1. The first-order valence-electron chi connectivity index (χ1n) is 9.10. The van der Waals surface area contributed by atoms with Crippen molar-refractivity contribution in [2.45, 2.75) is 18.2 Å². The van der Waals surface area contributed by atoms with Gasteiger partial charge < -0.3 is 4.90 Å². The Labute approximate surface area is 169 Å². The molecule has 0 aliphatic rings. The summed E-state index contributed by atoms with van der Waals surface area (Å²) in [4.78, 5) is 22.5. The van der Waals surface area contributed by atoms with Crippen LogP contribution < -0.4 is 9.80 Å². The normalized spacial score (nSPS) is 11.3. The molecule has 0 saturated heterocycles. The molecule has 3 rings (SSSR count). The van der Waals surface area contributed by atoms with E-state index in [0.29, 0.717) is 6.54 Å². The van der Waals surface area contributed by atoms with Crippen molar-refractivity contribution in [2.24, 2.45) is 0 Å². The van der Waals surface area contributed by atoms with E-state index in [1.165, 1.54) is 4.90 Å². The Morgan fingerprint density at radius 2 is 2.00 bits per heavy atom. The predicted molar refractivity (Wildman–Crippen MR) is 117 cm³/mol. The second-order valence-electron chi connectivity index (χ2n) is 6.92. The second-order valence-corrected chi connectivity index (χ2v) is 8.81. The molecule has 0 aliphatic heterocycles. The van der Waals surface area contributed by atoms with E-state index in [1.807, 2.05) is 41.5 Å². The molecule has 0 radical (unpaired) electrons. The van der Waals surface area contributed by atoms with Gasteiger partial charge in [-0.15, -0.1) is 11.8 Å². The van der Waals surface area contributed by atoms with Gasteiger partial charge >= 0.3 is 0 Å². The second kappa shape index (κ2) is 8.87. The lowest BCUT2D eigenvalue weighted by atomic mass is 10.2. The highest BCUT2D eigenvalue weighted by atomic mass is 32.2. The summed E-state index contributed by atoms with van der Waals surface area (Å²) in [5, 5.41) is 0.785. The van der Waals surface area contributed by atoms with Gasteiger partial charge in [-0.25, -0.2) is 4.98 Å². The van der Waals surface area contributed by atoms with Gasteiger partial charge in [0.05, 0.1) is 30.9 Å². The van der Waals surface area contributed by atoms with Crippen molar-refractivity contribution >= 4 is 44.4 Å². The van der Waals surface area contributed by atoms with Crippen molar-refractivity contribution in [3.63, 3.8) is 0 Å². The number of hydrogen-bond acceptors (Lipinski definition) is 4. The average molecular weight is 401 g/mol. The van der Waals surface area contributed by atoms with Crippen LogP contribution in [0, 0.1) is 6.92 Å². The van der Waals surface area contributed by atoms with Gasteiger partial charge in [-0.05, 0) is 43.0 Å². The number of hydrogen-bond donors (Lipinski definition) is 1. The molecule has 4 nitrogen and oxygen atoms in total. The van der Waals surface area contributed by atoms with Crippen molar-refractivity contribution in [3.05, 3.63) is 53.6 Å². The minimum Gasteiger partial charge on any atom is -0.340 e. The summed E-state index contributed by atoms with van der Waals surface area (Å²) >= 11 is 3.24. The Morgan fingerprint density at radius 3 is 2.70 bits per heavy atom. The highest BCUT2D eigenvalue weighted by Gasteiger charge is 2.22. The molecule has 2 aromatic carbocycles. The molecule has 0 aliphatic carbocycles. The van der Waals surface area contributed by atoms with Gasteiger partial charge in [0.2, 0.25) is 0 Å². The summed E-state index contributed by atoms with van der Waals surface area (Å²) in [6, 6.07) is 14.0. The van der Waals surface area contributed by atoms with E-state index in [0.717, 1.165) is 44.3 Å². The van der Waals surface area contributed by atoms with Crippen LogP contribution in [0.5, 0.6) is 0 Å². The highest BCUT2D eigenvalue weighted by molar-refractivity contribution is 7.98. The molecule has 0 unspecified atom stereocenters. The number of amides is 1. The molecule has 1 N–H and O–H groups in total. The monoisotopic (exact) mass is 400 g/mol. The third-order valence-corrected chi connectivity index (χ3v) is 6.23. The Bertz CT molecular complexity index is 936. The number of thioether (sulfide) groups is 1. The molecule has 0 bridgehead atoms. The van der Waals surface area contributed by atoms with Crippen LogP contribution in [-0.4, -0.2) is 44.3 Å². The molecule has 27 heavy (non-hydrogen) atoms. The van der Waals surface area contributed by atoms with Crippen molar-refractivity contribution in [2.75, 3.05) is 38.3 Å². The summed E-state index contributed by atoms with van der Waals surface area (Å²) in [6.07, 6.45) is 2.96. The lowest BCUT2D eigenvalue weighted by Crippen LogP contribution is -3.05. The van der Waals surface area contributed by atoms with Gasteiger partial charge in [0, 0.05) is 23.4 Å². The number of aryl methyl sites for hydroxylation is 1. The summed E-state index contributed by atoms with van der Waals surface area (Å²) in [5.41, 5.74) is 2.85. The van der Waals surface area contributed by atoms with Gasteiger partial charge in [-0.2, -0.15) is 0 Å². The number of nitrogens with zero attached hydrogens (tertiary/aromatic N) is 2.